The number of imide groups is 1. The van der Waals surface area contributed by atoms with E-state index in [-0.39, 0.29) is 17.4 Å². The smallest absolute Gasteiger partial charge is 0.266 e. The highest BCUT2D eigenvalue weighted by molar-refractivity contribution is 6.28. The molecule has 2 aliphatic rings. The Morgan fingerprint density at radius 3 is 2.53 bits per heavy atom. The standard InChI is InChI=1S/C24H28N4O2/c1-27(2)24(13-7-3-8-14-24)17-25-16-20-18-10-4-5-11-19(18)22(29)28(23(20)30)21-12-6-9-15-26-21/h4-6,9-12,15-16,20H,3,7-8,13-14,17H2,1-2H3/p+1. The van der Waals surface area contributed by atoms with E-state index >= 15 is 0 Å². The van der Waals surface area contributed by atoms with Crippen LogP contribution in [0.15, 0.2) is 53.7 Å². The van der Waals surface area contributed by atoms with Crippen molar-refractivity contribution in [2.75, 3.05) is 25.5 Å². The maximum absolute atomic E-state index is 13.4. The lowest BCUT2D eigenvalue weighted by Crippen LogP contribution is -3.16. The zero-order valence-electron chi connectivity index (χ0n) is 17.7. The normalized spacial score (nSPS) is 21.3. The third-order valence-electron chi connectivity index (χ3n) is 6.61. The summed E-state index contributed by atoms with van der Waals surface area (Å²) < 4.78 is 0. The number of rotatable bonds is 5. The van der Waals surface area contributed by atoms with Gasteiger partial charge in [-0.2, -0.15) is 0 Å². The first-order valence-electron chi connectivity index (χ1n) is 10.7. The number of carbonyl (C=O) groups is 2. The molecule has 1 aliphatic carbocycles. The van der Waals surface area contributed by atoms with E-state index in [0.717, 1.165) is 18.4 Å². The van der Waals surface area contributed by atoms with Gasteiger partial charge < -0.3 is 4.90 Å². The topological polar surface area (TPSA) is 67.1 Å². The molecule has 0 saturated heterocycles. The number of carbonyl (C=O) groups excluding carboxylic acids is 2. The Morgan fingerprint density at radius 1 is 1.10 bits per heavy atom. The summed E-state index contributed by atoms with van der Waals surface area (Å²) >= 11 is 0. The van der Waals surface area contributed by atoms with E-state index in [1.807, 2.05) is 18.2 Å². The molecule has 1 N–H and O–H groups in total. The minimum absolute atomic E-state index is 0.127. The van der Waals surface area contributed by atoms with Crippen molar-refractivity contribution in [3.63, 3.8) is 0 Å². The van der Waals surface area contributed by atoms with E-state index < -0.39 is 5.92 Å². The molecule has 2 heterocycles. The molecule has 1 atom stereocenters. The Balaban J connectivity index is 1.66. The number of aliphatic imine (C=N–C) groups is 1. The summed E-state index contributed by atoms with van der Waals surface area (Å²) in [5, 5.41) is 0. The molecule has 4 rings (SSSR count). The summed E-state index contributed by atoms with van der Waals surface area (Å²) in [6, 6.07) is 12.5. The molecular weight excluding hydrogens is 376 g/mol. The maximum atomic E-state index is 13.4. The lowest BCUT2D eigenvalue weighted by molar-refractivity contribution is -0.915. The molecule has 2 aromatic rings. The van der Waals surface area contributed by atoms with Gasteiger partial charge in [0.05, 0.1) is 26.6 Å². The first-order valence-corrected chi connectivity index (χ1v) is 10.7. The number of likely N-dealkylation sites (N-methyl/N-ethyl adjacent to an activating group) is 1. The number of hydrogen-bond donors (Lipinski definition) is 1. The van der Waals surface area contributed by atoms with Gasteiger partial charge >= 0.3 is 0 Å². The van der Waals surface area contributed by atoms with Crippen LogP contribution in [-0.4, -0.2) is 49.2 Å². The van der Waals surface area contributed by atoms with Crippen molar-refractivity contribution in [2.24, 2.45) is 4.99 Å². The summed E-state index contributed by atoms with van der Waals surface area (Å²) in [5.41, 5.74) is 1.38. The Morgan fingerprint density at radius 2 is 1.83 bits per heavy atom. The van der Waals surface area contributed by atoms with Gasteiger partial charge in [0.2, 0.25) is 5.91 Å². The molecule has 1 fully saturated rings. The minimum atomic E-state index is -0.585. The van der Waals surface area contributed by atoms with Gasteiger partial charge in [0.1, 0.15) is 11.4 Å². The molecule has 1 aromatic carbocycles. The van der Waals surface area contributed by atoms with Crippen LogP contribution in [0.2, 0.25) is 0 Å². The van der Waals surface area contributed by atoms with Gasteiger partial charge in [0.25, 0.3) is 5.91 Å². The molecule has 2 amide bonds. The summed E-state index contributed by atoms with van der Waals surface area (Å²) in [4.78, 5) is 38.0. The van der Waals surface area contributed by atoms with E-state index in [1.54, 1.807) is 36.7 Å². The number of nitrogens with one attached hydrogen (secondary N) is 1. The van der Waals surface area contributed by atoms with Gasteiger partial charge in [0.15, 0.2) is 0 Å². The Labute approximate surface area is 177 Å². The van der Waals surface area contributed by atoms with Crippen LogP contribution >= 0.6 is 0 Å². The zero-order chi connectivity index (χ0) is 21.1. The van der Waals surface area contributed by atoms with E-state index in [0.29, 0.717) is 17.9 Å². The van der Waals surface area contributed by atoms with Crippen LogP contribution in [0.4, 0.5) is 5.82 Å². The number of benzene rings is 1. The molecular formula is C24H29N4O2+. The number of quaternary nitrogens is 1. The van der Waals surface area contributed by atoms with Crippen LogP contribution in [-0.2, 0) is 4.79 Å². The Kier molecular flexibility index (Phi) is 5.77. The van der Waals surface area contributed by atoms with Crippen LogP contribution in [0.3, 0.4) is 0 Å². The molecule has 30 heavy (non-hydrogen) atoms. The monoisotopic (exact) mass is 405 g/mol. The zero-order valence-corrected chi connectivity index (χ0v) is 17.7. The number of hydrogen-bond acceptors (Lipinski definition) is 4. The van der Waals surface area contributed by atoms with Gasteiger partial charge in [0, 0.05) is 30.8 Å². The van der Waals surface area contributed by atoms with Gasteiger partial charge in [-0.15, -0.1) is 0 Å². The number of nitrogens with zero attached hydrogens (tertiary/aromatic N) is 3. The van der Waals surface area contributed by atoms with Crippen LogP contribution < -0.4 is 9.80 Å². The van der Waals surface area contributed by atoms with Crippen molar-refractivity contribution in [3.05, 3.63) is 59.8 Å². The van der Waals surface area contributed by atoms with Crippen LogP contribution in [0.1, 0.15) is 53.9 Å². The molecule has 1 aliphatic heterocycles. The molecule has 156 valence electrons. The SMILES string of the molecule is C[NH+](C)C1(CN=CC2C(=O)N(c3ccccn3)C(=O)c3ccccc32)CCCCC1. The maximum Gasteiger partial charge on any atom is 0.266 e. The second-order valence-corrected chi connectivity index (χ2v) is 8.56. The summed E-state index contributed by atoms with van der Waals surface area (Å²) in [6.45, 7) is 0.693. The summed E-state index contributed by atoms with van der Waals surface area (Å²) in [6.07, 6.45) is 9.39. The second kappa shape index (κ2) is 8.48. The van der Waals surface area contributed by atoms with Crippen LogP contribution in [0, 0.1) is 0 Å². The average molecular weight is 406 g/mol. The fourth-order valence-corrected chi connectivity index (χ4v) is 4.68. The van der Waals surface area contributed by atoms with Crippen molar-refractivity contribution >= 4 is 23.8 Å². The van der Waals surface area contributed by atoms with E-state index in [1.165, 1.54) is 29.1 Å². The first-order chi connectivity index (χ1) is 14.5. The van der Waals surface area contributed by atoms with Gasteiger partial charge in [-0.05, 0) is 36.6 Å². The lowest BCUT2D eigenvalue weighted by atomic mass is 9.80. The molecule has 1 aromatic heterocycles. The highest BCUT2D eigenvalue weighted by atomic mass is 16.2. The molecule has 1 saturated carbocycles. The number of amides is 2. The molecule has 0 bridgehead atoms. The predicted octanol–water partition coefficient (Wildman–Crippen LogP) is 2.27. The van der Waals surface area contributed by atoms with Crippen LogP contribution in [0.5, 0.6) is 0 Å². The van der Waals surface area contributed by atoms with E-state index in [9.17, 15) is 9.59 Å². The van der Waals surface area contributed by atoms with E-state index in [4.69, 9.17) is 4.99 Å². The molecule has 1 unspecified atom stereocenters. The third kappa shape index (κ3) is 3.67. The Bertz CT molecular complexity index is 949. The molecule has 6 heteroatoms. The number of anilines is 1. The predicted molar refractivity (Wildman–Crippen MR) is 117 cm³/mol. The van der Waals surface area contributed by atoms with Crippen molar-refractivity contribution in [1.82, 2.24) is 4.98 Å². The first kappa shape index (κ1) is 20.4. The van der Waals surface area contributed by atoms with Gasteiger partial charge in [-0.3, -0.25) is 14.6 Å². The quantitative estimate of drug-likeness (QED) is 0.613. The van der Waals surface area contributed by atoms with Gasteiger partial charge in [-0.25, -0.2) is 9.88 Å². The van der Waals surface area contributed by atoms with Crippen molar-refractivity contribution in [3.8, 4) is 0 Å². The van der Waals surface area contributed by atoms with Crippen LogP contribution in [0.25, 0.3) is 0 Å². The molecule has 0 spiro atoms. The third-order valence-corrected chi connectivity index (χ3v) is 6.61. The highest BCUT2D eigenvalue weighted by Crippen LogP contribution is 2.31. The van der Waals surface area contributed by atoms with Crippen molar-refractivity contribution < 1.29 is 14.5 Å². The molecule has 6 nitrogen and oxygen atoms in total. The second-order valence-electron chi connectivity index (χ2n) is 8.56. The fourth-order valence-electron chi connectivity index (χ4n) is 4.68. The van der Waals surface area contributed by atoms with Crippen molar-refractivity contribution in [1.29, 1.82) is 0 Å². The summed E-state index contributed by atoms with van der Waals surface area (Å²) in [5.74, 6) is -0.864. The van der Waals surface area contributed by atoms with E-state index in [2.05, 4.69) is 19.1 Å². The number of aromatic nitrogens is 1. The lowest BCUT2D eigenvalue weighted by Gasteiger charge is -2.38. The van der Waals surface area contributed by atoms with Crippen molar-refractivity contribution in [2.45, 2.75) is 43.6 Å². The number of fused-ring (bicyclic) bond motifs is 1. The minimum Gasteiger partial charge on any atom is -0.333 e. The average Bonchev–Trinajstić information content (AvgIpc) is 2.77. The molecule has 0 radical (unpaired) electrons. The largest absolute Gasteiger partial charge is 0.333 e. The highest BCUT2D eigenvalue weighted by Gasteiger charge is 2.40. The summed E-state index contributed by atoms with van der Waals surface area (Å²) in [7, 11) is 4.40. The van der Waals surface area contributed by atoms with Gasteiger partial charge in [-0.1, -0.05) is 30.7 Å². The fraction of sp³-hybridized carbons (Fsp3) is 0.417. The Hall–Kier alpha value is -2.86. The number of pyridine rings is 1.